The van der Waals surface area contributed by atoms with Crippen molar-refractivity contribution in [2.45, 2.75) is 19.8 Å². The number of aromatic nitrogens is 3. The molecule has 0 bridgehead atoms. The molecular formula is C14H14ClFN4O. The van der Waals surface area contributed by atoms with E-state index in [1.54, 1.807) is 19.1 Å². The van der Waals surface area contributed by atoms with Crippen molar-refractivity contribution in [3.05, 3.63) is 34.9 Å². The fourth-order valence-corrected chi connectivity index (χ4v) is 2.32. The second kappa shape index (κ2) is 5.81. The van der Waals surface area contributed by atoms with Gasteiger partial charge in [0.25, 0.3) is 0 Å². The van der Waals surface area contributed by atoms with Gasteiger partial charge in [-0.3, -0.25) is 0 Å². The Bertz CT molecular complexity index is 661. The molecule has 1 aliphatic rings. The number of hydrogen-bond acceptors (Lipinski definition) is 5. The van der Waals surface area contributed by atoms with Crippen LogP contribution in [0.15, 0.2) is 18.2 Å². The number of anilines is 1. The largest absolute Gasteiger partial charge is 0.424 e. The van der Waals surface area contributed by atoms with E-state index < -0.39 is 0 Å². The first-order valence-electron chi connectivity index (χ1n) is 6.72. The second-order valence-electron chi connectivity index (χ2n) is 4.89. The summed E-state index contributed by atoms with van der Waals surface area (Å²) in [5.74, 6) is 0.482. The third-order valence-electron chi connectivity index (χ3n) is 3.32. The molecule has 110 valence electrons. The van der Waals surface area contributed by atoms with Crippen LogP contribution in [-0.4, -0.2) is 28.0 Å². The van der Waals surface area contributed by atoms with Crippen molar-refractivity contribution < 1.29 is 9.13 Å². The molecule has 0 aliphatic carbocycles. The quantitative estimate of drug-likeness (QED) is 0.870. The van der Waals surface area contributed by atoms with E-state index >= 15 is 0 Å². The Morgan fingerprint density at radius 1 is 1.19 bits per heavy atom. The Kier molecular flexibility index (Phi) is 3.88. The molecule has 3 rings (SSSR count). The van der Waals surface area contributed by atoms with Crippen LogP contribution in [0.3, 0.4) is 0 Å². The van der Waals surface area contributed by atoms with Crippen LogP contribution < -0.4 is 9.64 Å². The zero-order valence-electron chi connectivity index (χ0n) is 11.5. The topological polar surface area (TPSA) is 51.1 Å². The summed E-state index contributed by atoms with van der Waals surface area (Å²) >= 11 is 5.91. The molecule has 1 fully saturated rings. The molecule has 0 spiro atoms. The Hall–Kier alpha value is -1.95. The molecule has 7 heteroatoms. The predicted molar refractivity (Wildman–Crippen MR) is 77.5 cm³/mol. The zero-order chi connectivity index (χ0) is 14.8. The van der Waals surface area contributed by atoms with E-state index in [-0.39, 0.29) is 17.1 Å². The minimum absolute atomic E-state index is 0.0643. The third kappa shape index (κ3) is 3.21. The summed E-state index contributed by atoms with van der Waals surface area (Å²) in [6.07, 6.45) is 2.20. The zero-order valence-corrected chi connectivity index (χ0v) is 12.3. The molecule has 2 aromatic rings. The van der Waals surface area contributed by atoms with Crippen LogP contribution in [0.4, 0.5) is 10.3 Å². The average molecular weight is 309 g/mol. The van der Waals surface area contributed by atoms with Crippen molar-refractivity contribution in [1.82, 2.24) is 15.0 Å². The lowest BCUT2D eigenvalue weighted by Gasteiger charge is -2.15. The standard InChI is InChI=1S/C14H14ClFN4O/c1-9-4-5-10(8-11(9)16)21-14-18-12(15)17-13(19-14)20-6-2-3-7-20/h4-5,8H,2-3,6-7H2,1H3. The van der Waals surface area contributed by atoms with E-state index in [0.717, 1.165) is 25.9 Å². The highest BCUT2D eigenvalue weighted by atomic mass is 35.5. The summed E-state index contributed by atoms with van der Waals surface area (Å²) in [6.45, 7) is 3.46. The highest BCUT2D eigenvalue weighted by Gasteiger charge is 2.17. The number of halogens is 2. The van der Waals surface area contributed by atoms with Crippen LogP contribution in [0.2, 0.25) is 5.28 Å². The molecule has 0 radical (unpaired) electrons. The Morgan fingerprint density at radius 3 is 2.67 bits per heavy atom. The van der Waals surface area contributed by atoms with Crippen LogP contribution in [0.25, 0.3) is 0 Å². The maximum absolute atomic E-state index is 13.5. The van der Waals surface area contributed by atoms with E-state index in [0.29, 0.717) is 17.3 Å². The van der Waals surface area contributed by atoms with E-state index in [9.17, 15) is 4.39 Å². The summed E-state index contributed by atoms with van der Waals surface area (Å²) in [7, 11) is 0. The number of rotatable bonds is 3. The van der Waals surface area contributed by atoms with Gasteiger partial charge in [-0.2, -0.15) is 15.0 Å². The van der Waals surface area contributed by atoms with Crippen molar-refractivity contribution in [2.75, 3.05) is 18.0 Å². The van der Waals surface area contributed by atoms with Gasteiger partial charge in [-0.05, 0) is 43.0 Å². The molecular weight excluding hydrogens is 295 g/mol. The van der Waals surface area contributed by atoms with Crippen LogP contribution in [-0.2, 0) is 0 Å². The van der Waals surface area contributed by atoms with Gasteiger partial charge in [-0.1, -0.05) is 6.07 Å². The molecule has 21 heavy (non-hydrogen) atoms. The molecule has 1 aromatic heterocycles. The van der Waals surface area contributed by atoms with Crippen LogP contribution in [0.1, 0.15) is 18.4 Å². The number of benzene rings is 1. The van der Waals surface area contributed by atoms with Crippen LogP contribution in [0.5, 0.6) is 11.8 Å². The summed E-state index contributed by atoms with van der Waals surface area (Å²) in [5.41, 5.74) is 0.550. The average Bonchev–Trinajstić information content (AvgIpc) is 2.96. The predicted octanol–water partition coefficient (Wildman–Crippen LogP) is 3.37. The van der Waals surface area contributed by atoms with Gasteiger partial charge in [0, 0.05) is 19.2 Å². The summed E-state index contributed by atoms with van der Waals surface area (Å²) in [6, 6.07) is 4.66. The van der Waals surface area contributed by atoms with E-state index in [2.05, 4.69) is 15.0 Å². The van der Waals surface area contributed by atoms with Crippen LogP contribution >= 0.6 is 11.6 Å². The maximum atomic E-state index is 13.5. The van der Waals surface area contributed by atoms with Crippen molar-refractivity contribution in [2.24, 2.45) is 0 Å². The third-order valence-corrected chi connectivity index (χ3v) is 3.49. The minimum atomic E-state index is -0.340. The van der Waals surface area contributed by atoms with Gasteiger partial charge in [0.15, 0.2) is 0 Å². The maximum Gasteiger partial charge on any atom is 0.328 e. The van der Waals surface area contributed by atoms with Gasteiger partial charge in [-0.25, -0.2) is 4.39 Å². The highest BCUT2D eigenvalue weighted by Crippen LogP contribution is 2.24. The second-order valence-corrected chi connectivity index (χ2v) is 5.23. The summed E-state index contributed by atoms with van der Waals surface area (Å²) in [4.78, 5) is 14.3. The number of hydrogen-bond donors (Lipinski definition) is 0. The lowest BCUT2D eigenvalue weighted by atomic mass is 10.2. The first-order chi connectivity index (χ1) is 10.1. The van der Waals surface area contributed by atoms with E-state index in [4.69, 9.17) is 16.3 Å². The number of aryl methyl sites for hydroxylation is 1. The van der Waals surface area contributed by atoms with Gasteiger partial charge in [0.1, 0.15) is 11.6 Å². The van der Waals surface area contributed by atoms with Gasteiger partial charge < -0.3 is 9.64 Å². The lowest BCUT2D eigenvalue weighted by Crippen LogP contribution is -2.21. The van der Waals surface area contributed by atoms with Gasteiger partial charge in [0.05, 0.1) is 0 Å². The van der Waals surface area contributed by atoms with Gasteiger partial charge in [0.2, 0.25) is 11.2 Å². The molecule has 0 N–H and O–H groups in total. The van der Waals surface area contributed by atoms with E-state index in [1.165, 1.54) is 6.07 Å². The minimum Gasteiger partial charge on any atom is -0.424 e. The Morgan fingerprint density at radius 2 is 1.95 bits per heavy atom. The SMILES string of the molecule is Cc1ccc(Oc2nc(Cl)nc(N3CCCC3)n2)cc1F. The molecule has 0 atom stereocenters. The van der Waals surface area contributed by atoms with E-state index in [1.807, 2.05) is 4.90 Å². The van der Waals surface area contributed by atoms with Gasteiger partial charge >= 0.3 is 6.01 Å². The highest BCUT2D eigenvalue weighted by molar-refractivity contribution is 6.28. The van der Waals surface area contributed by atoms with Crippen molar-refractivity contribution in [3.63, 3.8) is 0 Å². The smallest absolute Gasteiger partial charge is 0.328 e. The van der Waals surface area contributed by atoms with Crippen molar-refractivity contribution in [1.29, 1.82) is 0 Å². The molecule has 2 heterocycles. The summed E-state index contributed by atoms with van der Waals surface area (Å²) in [5, 5.41) is 0.0643. The molecule has 0 saturated carbocycles. The van der Waals surface area contributed by atoms with Crippen molar-refractivity contribution >= 4 is 17.5 Å². The monoisotopic (exact) mass is 308 g/mol. The van der Waals surface area contributed by atoms with Crippen molar-refractivity contribution in [3.8, 4) is 11.8 Å². The van der Waals surface area contributed by atoms with Gasteiger partial charge in [-0.15, -0.1) is 0 Å². The molecule has 0 amide bonds. The molecule has 1 aromatic carbocycles. The molecule has 1 aliphatic heterocycles. The summed E-state index contributed by atoms with van der Waals surface area (Å²) < 4.78 is 19.0. The van der Waals surface area contributed by atoms with Crippen LogP contribution in [0, 0.1) is 12.7 Å². The lowest BCUT2D eigenvalue weighted by molar-refractivity contribution is 0.435. The first kappa shape index (κ1) is 14.0. The molecule has 1 saturated heterocycles. The normalized spacial score (nSPS) is 14.5. The fourth-order valence-electron chi connectivity index (χ4n) is 2.17. The number of nitrogens with zero attached hydrogens (tertiary/aromatic N) is 4. The Balaban J connectivity index is 1.85. The fraction of sp³-hybridized carbons (Fsp3) is 0.357. The molecule has 0 unspecified atom stereocenters. The number of ether oxygens (including phenoxy) is 1. The Labute approximate surface area is 126 Å². The molecule has 5 nitrogen and oxygen atoms in total. The first-order valence-corrected chi connectivity index (χ1v) is 7.10.